The number of nitrogens with zero attached hydrogens (tertiary/aromatic N) is 4. The number of aromatic amines is 2. The number of aliphatic hydroxyl groups is 1. The van der Waals surface area contributed by atoms with E-state index in [1.165, 1.54) is 0 Å². The number of H-pyrrole nitrogens is 2. The summed E-state index contributed by atoms with van der Waals surface area (Å²) >= 11 is 2.26. The van der Waals surface area contributed by atoms with Crippen molar-refractivity contribution in [1.82, 2.24) is 24.1 Å². The number of rotatable bonds is 4. The Labute approximate surface area is 194 Å². The largest absolute Gasteiger partial charge is 0.380 e. The van der Waals surface area contributed by atoms with E-state index in [0.29, 0.717) is 16.9 Å². The maximum absolute atomic E-state index is 11.5. The molecule has 0 aliphatic rings. The monoisotopic (exact) mass is 540 g/mol. The van der Waals surface area contributed by atoms with Crippen LogP contribution in [0.2, 0.25) is 0 Å². The van der Waals surface area contributed by atoms with Gasteiger partial charge in [0.25, 0.3) is 0 Å². The molecule has 0 fully saturated rings. The molecule has 0 aliphatic carbocycles. The van der Waals surface area contributed by atoms with Crippen LogP contribution in [0.15, 0.2) is 42.7 Å². The van der Waals surface area contributed by atoms with Gasteiger partial charge in [-0.25, -0.2) is 4.98 Å². The van der Waals surface area contributed by atoms with Gasteiger partial charge in [0.2, 0.25) is 0 Å². The quantitative estimate of drug-likeness (QED) is 0.268. The number of hydrogen-bond donors (Lipinski definition) is 3. The predicted molar refractivity (Wildman–Crippen MR) is 131 cm³/mol. The van der Waals surface area contributed by atoms with Gasteiger partial charge in [-0.1, -0.05) is 6.07 Å². The summed E-state index contributed by atoms with van der Waals surface area (Å²) in [5.74, 6) is 0.448. The Kier molecular flexibility index (Phi) is 5.00. The first-order chi connectivity index (χ1) is 15.0. The number of aromatic nitrogens is 5. The lowest BCUT2D eigenvalue weighted by Crippen LogP contribution is -2.06. The summed E-state index contributed by atoms with van der Waals surface area (Å²) in [5.41, 5.74) is 7.79. The number of nitrogens with one attached hydrogen (secondary N) is 2. The highest BCUT2D eigenvalue weighted by molar-refractivity contribution is 14.2. The van der Waals surface area contributed by atoms with Crippen LogP contribution in [0, 0.1) is 25.2 Å². The molecule has 0 saturated carbocycles. The third kappa shape index (κ3) is 3.22. The second kappa shape index (κ2) is 7.71. The van der Waals surface area contributed by atoms with Gasteiger partial charge in [-0.15, -0.1) is 0 Å². The molecule has 7 nitrogen and oxygen atoms in total. The number of aliphatic hydroxyl groups excluding tert-OH is 1. The summed E-state index contributed by atoms with van der Waals surface area (Å²) in [7, 11) is 1.58. The fraction of sp³-hybridized carbons (Fsp3) is 0.136. The van der Waals surface area contributed by atoms with E-state index in [0.717, 1.165) is 44.4 Å². The molecule has 5 rings (SSSR count). The van der Waals surface area contributed by atoms with Gasteiger partial charge in [-0.2, -0.15) is 10.4 Å². The molecule has 0 saturated heterocycles. The molecule has 0 aliphatic heterocycles. The van der Waals surface area contributed by atoms with Crippen LogP contribution in [0.5, 0.6) is 0 Å². The molecule has 3 aromatic heterocycles. The van der Waals surface area contributed by atoms with Crippen LogP contribution in [0.25, 0.3) is 33.2 Å². The molecule has 5 aromatic rings. The van der Waals surface area contributed by atoms with Crippen molar-refractivity contribution in [1.29, 1.82) is 5.26 Å². The molecule has 0 bridgehead atoms. The van der Waals surface area contributed by atoms with E-state index in [2.05, 4.69) is 70.6 Å². The average Bonchev–Trinajstić information content (AvgIpc) is 3.50. The summed E-state index contributed by atoms with van der Waals surface area (Å²) in [5, 5.41) is 28.8. The normalized spacial score (nSPS) is 12.5. The van der Waals surface area contributed by atoms with E-state index < -0.39 is 6.10 Å². The molecule has 2 aromatic carbocycles. The van der Waals surface area contributed by atoms with E-state index >= 15 is 0 Å². The standard InChI is InChI=1S/C22H17IN6OS/c1-11-7-12(2)20-19(14(10-29(20)31-23)15-5-6-25-28-15)18(11)21(30)22-26-16-4-3-13(9-24)8-17(16)27-22/h3-8,10,21,30H,1-2H3,(H,25,28)(H,26,27). The summed E-state index contributed by atoms with van der Waals surface area (Å²) in [6.07, 6.45) is 2.83. The van der Waals surface area contributed by atoms with Crippen molar-refractivity contribution in [3.63, 3.8) is 0 Å². The van der Waals surface area contributed by atoms with Gasteiger partial charge >= 0.3 is 0 Å². The molecule has 31 heavy (non-hydrogen) atoms. The molecule has 1 atom stereocenters. The third-order valence-corrected chi connectivity index (χ3v) is 7.21. The van der Waals surface area contributed by atoms with E-state index in [9.17, 15) is 10.4 Å². The van der Waals surface area contributed by atoms with Crippen molar-refractivity contribution in [2.45, 2.75) is 20.0 Å². The molecule has 154 valence electrons. The Bertz CT molecular complexity index is 1480. The van der Waals surface area contributed by atoms with Crippen LogP contribution in [0.1, 0.15) is 34.2 Å². The van der Waals surface area contributed by atoms with Gasteiger partial charge in [0.1, 0.15) is 11.9 Å². The fourth-order valence-corrected chi connectivity index (χ4v) is 5.56. The minimum atomic E-state index is -0.960. The van der Waals surface area contributed by atoms with Crippen molar-refractivity contribution in [3.8, 4) is 17.3 Å². The minimum absolute atomic E-state index is 0.448. The van der Waals surface area contributed by atoms with Gasteiger partial charge in [0, 0.05) is 59.2 Å². The van der Waals surface area contributed by atoms with Crippen molar-refractivity contribution in [2.75, 3.05) is 0 Å². The van der Waals surface area contributed by atoms with Crippen molar-refractivity contribution < 1.29 is 5.11 Å². The first kappa shape index (κ1) is 20.1. The highest BCUT2D eigenvalue weighted by Crippen LogP contribution is 2.42. The number of aryl methyl sites for hydroxylation is 2. The Morgan fingerprint density at radius 2 is 2.06 bits per heavy atom. The van der Waals surface area contributed by atoms with Crippen LogP contribution in [-0.4, -0.2) is 29.2 Å². The smallest absolute Gasteiger partial charge is 0.140 e. The number of nitriles is 1. The Morgan fingerprint density at radius 3 is 2.77 bits per heavy atom. The first-order valence-corrected chi connectivity index (χ1v) is 12.8. The van der Waals surface area contributed by atoms with Crippen LogP contribution in [0.4, 0.5) is 0 Å². The summed E-state index contributed by atoms with van der Waals surface area (Å²) in [6.45, 7) is 4.09. The molecule has 3 heterocycles. The van der Waals surface area contributed by atoms with Gasteiger partial charge in [-0.3, -0.25) is 9.07 Å². The lowest BCUT2D eigenvalue weighted by molar-refractivity contribution is 0.212. The molecule has 0 spiro atoms. The number of imidazole rings is 1. The molecule has 0 radical (unpaired) electrons. The van der Waals surface area contributed by atoms with Gasteiger partial charge in [-0.05, 0) is 49.2 Å². The SMILES string of the molecule is Cc1cc(C)c2c(c(-c3ccn[nH]3)cn2SI)c1C(O)c1nc2ccc(C#N)cc2[nH]1. The van der Waals surface area contributed by atoms with Gasteiger partial charge < -0.3 is 10.1 Å². The van der Waals surface area contributed by atoms with Crippen LogP contribution >= 0.6 is 30.3 Å². The topological polar surface area (TPSA) is 106 Å². The zero-order chi connectivity index (χ0) is 21.7. The maximum Gasteiger partial charge on any atom is 0.140 e. The summed E-state index contributed by atoms with van der Waals surface area (Å²) in [6, 6.07) is 11.4. The lowest BCUT2D eigenvalue weighted by atomic mass is 9.93. The van der Waals surface area contributed by atoms with E-state index in [-0.39, 0.29) is 0 Å². The van der Waals surface area contributed by atoms with Crippen molar-refractivity contribution in [3.05, 3.63) is 70.8 Å². The highest BCUT2D eigenvalue weighted by Gasteiger charge is 2.25. The second-order valence-corrected chi connectivity index (χ2v) is 9.14. The zero-order valence-electron chi connectivity index (χ0n) is 16.6. The molecular weight excluding hydrogens is 523 g/mol. The number of fused-ring (bicyclic) bond motifs is 2. The van der Waals surface area contributed by atoms with Crippen molar-refractivity contribution >= 4 is 52.3 Å². The van der Waals surface area contributed by atoms with Crippen LogP contribution in [0.3, 0.4) is 0 Å². The van der Waals surface area contributed by atoms with Crippen LogP contribution in [-0.2, 0) is 0 Å². The second-order valence-electron chi connectivity index (χ2n) is 7.42. The van der Waals surface area contributed by atoms with E-state index in [1.807, 2.05) is 13.0 Å². The van der Waals surface area contributed by atoms with E-state index in [4.69, 9.17) is 0 Å². The summed E-state index contributed by atoms with van der Waals surface area (Å²) in [4.78, 5) is 7.81. The lowest BCUT2D eigenvalue weighted by Gasteiger charge is -2.16. The molecule has 3 N–H and O–H groups in total. The molecular formula is C22H17IN6OS. The van der Waals surface area contributed by atoms with Gasteiger partial charge in [0.05, 0.1) is 33.9 Å². The summed E-state index contributed by atoms with van der Waals surface area (Å²) < 4.78 is 2.11. The molecule has 1 unspecified atom stereocenters. The van der Waals surface area contributed by atoms with E-state index in [1.54, 1.807) is 33.5 Å². The molecule has 9 heteroatoms. The Hall–Kier alpha value is -2.81. The van der Waals surface area contributed by atoms with Crippen molar-refractivity contribution in [2.24, 2.45) is 0 Å². The Morgan fingerprint density at radius 1 is 1.23 bits per heavy atom. The first-order valence-electron chi connectivity index (χ1n) is 9.53. The number of benzene rings is 2. The number of halogens is 1. The predicted octanol–water partition coefficient (Wildman–Crippen LogP) is 5.32. The highest BCUT2D eigenvalue weighted by atomic mass is 127. The minimum Gasteiger partial charge on any atom is -0.380 e. The average molecular weight is 540 g/mol. The Balaban J connectivity index is 1.78. The maximum atomic E-state index is 11.5. The third-order valence-electron chi connectivity index (χ3n) is 5.50. The fourth-order valence-electron chi connectivity index (χ4n) is 4.18. The zero-order valence-corrected chi connectivity index (χ0v) is 19.6. The number of hydrogen-bond acceptors (Lipinski definition) is 5. The van der Waals surface area contributed by atoms with Gasteiger partial charge in [0.15, 0.2) is 0 Å². The van der Waals surface area contributed by atoms with Crippen LogP contribution < -0.4 is 0 Å². The molecule has 0 amide bonds.